The molecular formula is C8H17Sn+3. The van der Waals surface area contributed by atoms with Gasteiger partial charge in [-0.2, -0.15) is 0 Å². The van der Waals surface area contributed by atoms with Crippen molar-refractivity contribution in [1.29, 1.82) is 0 Å². The zero-order valence-electron chi connectivity index (χ0n) is 6.61. The first-order valence-corrected chi connectivity index (χ1v) is 6.01. The van der Waals surface area contributed by atoms with Crippen LogP contribution in [-0.4, -0.2) is 22.5 Å². The molecule has 0 nitrogen and oxygen atoms in total. The van der Waals surface area contributed by atoms with Gasteiger partial charge in [0.05, 0.1) is 0 Å². The molecule has 0 rings (SSSR count). The Labute approximate surface area is 72.5 Å². The van der Waals surface area contributed by atoms with Gasteiger partial charge in [-0.1, -0.05) is 0 Å². The van der Waals surface area contributed by atoms with Crippen LogP contribution in [0.4, 0.5) is 0 Å². The quantitative estimate of drug-likeness (QED) is 0.639. The summed E-state index contributed by atoms with van der Waals surface area (Å²) in [5, 5.41) is 0. The van der Waals surface area contributed by atoms with Crippen molar-refractivity contribution in [2.75, 3.05) is 0 Å². The summed E-state index contributed by atoms with van der Waals surface area (Å²) in [5.74, 6) is 1.04. The van der Waals surface area contributed by atoms with Crippen LogP contribution in [0.15, 0.2) is 0 Å². The molecule has 0 radical (unpaired) electrons. The van der Waals surface area contributed by atoms with Gasteiger partial charge in [-0.25, -0.2) is 0 Å². The maximum absolute atomic E-state index is 2.31. The van der Waals surface area contributed by atoms with Gasteiger partial charge in [-0.3, -0.25) is 0 Å². The molecule has 1 unspecified atom stereocenters. The van der Waals surface area contributed by atoms with Crippen LogP contribution in [0.2, 0.25) is 4.44 Å². The molecule has 0 aliphatic rings. The Hall–Kier alpha value is 0.799. The van der Waals surface area contributed by atoms with Crippen molar-refractivity contribution in [2.24, 2.45) is 5.92 Å². The fourth-order valence-electron chi connectivity index (χ4n) is 0.943. The van der Waals surface area contributed by atoms with E-state index >= 15 is 0 Å². The van der Waals surface area contributed by atoms with Crippen LogP contribution in [0.3, 0.4) is 0 Å². The van der Waals surface area contributed by atoms with Gasteiger partial charge in [-0.15, -0.1) is 0 Å². The Morgan fingerprint density at radius 3 is 2.33 bits per heavy atom. The van der Waals surface area contributed by atoms with Gasteiger partial charge in [0.2, 0.25) is 0 Å². The number of hydrogen-bond acceptors (Lipinski definition) is 0. The molecule has 0 aromatic rings. The van der Waals surface area contributed by atoms with Gasteiger partial charge < -0.3 is 0 Å². The summed E-state index contributed by atoms with van der Waals surface area (Å²) in [4.78, 5) is 0. The van der Waals surface area contributed by atoms with Crippen LogP contribution >= 0.6 is 0 Å². The van der Waals surface area contributed by atoms with Gasteiger partial charge in [0.25, 0.3) is 0 Å². The van der Waals surface area contributed by atoms with E-state index in [2.05, 4.69) is 13.8 Å². The molecule has 0 bridgehead atoms. The Balaban J connectivity index is 3.09. The van der Waals surface area contributed by atoms with Crippen molar-refractivity contribution < 1.29 is 0 Å². The average Bonchev–Trinajstić information content (AvgIpc) is 1.91. The van der Waals surface area contributed by atoms with E-state index in [0.29, 0.717) is 0 Å². The standard InChI is InChI=1S/C8H17.Sn/c1-4-6-7-8(3)5-2;/h8H,3-7H2,1-2H3;/q;+3. The number of rotatable bonds is 5. The van der Waals surface area contributed by atoms with E-state index in [1.54, 1.807) is 22.5 Å². The van der Waals surface area contributed by atoms with E-state index in [1.165, 1.54) is 30.1 Å². The average molecular weight is 232 g/mol. The van der Waals surface area contributed by atoms with Crippen molar-refractivity contribution in [3.8, 4) is 0 Å². The molecule has 50 valence electrons. The Kier molecular flexibility index (Phi) is 7.53. The third-order valence-electron chi connectivity index (χ3n) is 1.83. The molecule has 0 spiro atoms. The molecule has 0 aliphatic carbocycles. The van der Waals surface area contributed by atoms with Crippen molar-refractivity contribution in [3.63, 3.8) is 0 Å². The summed E-state index contributed by atoms with van der Waals surface area (Å²) in [6.45, 7) is 4.58. The maximum atomic E-state index is 2.31. The second kappa shape index (κ2) is 6.91. The summed E-state index contributed by atoms with van der Waals surface area (Å²) in [6, 6.07) is 0. The predicted octanol–water partition coefficient (Wildman–Crippen LogP) is 2.79. The third-order valence-corrected chi connectivity index (χ3v) is 3.48. The van der Waals surface area contributed by atoms with Crippen LogP contribution in [-0.2, 0) is 0 Å². The molecule has 0 saturated carbocycles. The molecule has 0 aliphatic heterocycles. The molecular weight excluding hydrogens is 215 g/mol. The second-order valence-electron chi connectivity index (χ2n) is 2.62. The normalized spacial score (nSPS) is 13.8. The van der Waals surface area contributed by atoms with Crippen molar-refractivity contribution in [1.82, 2.24) is 0 Å². The van der Waals surface area contributed by atoms with E-state index in [0.717, 1.165) is 5.92 Å². The minimum absolute atomic E-state index is 1.04. The zero-order chi connectivity index (χ0) is 7.11. The van der Waals surface area contributed by atoms with E-state index < -0.39 is 0 Å². The molecule has 1 atom stereocenters. The van der Waals surface area contributed by atoms with E-state index in [4.69, 9.17) is 0 Å². The molecule has 0 amide bonds. The predicted molar refractivity (Wildman–Crippen MR) is 43.9 cm³/mol. The van der Waals surface area contributed by atoms with Gasteiger partial charge in [-0.05, 0) is 0 Å². The molecule has 9 heavy (non-hydrogen) atoms. The monoisotopic (exact) mass is 233 g/mol. The van der Waals surface area contributed by atoms with Crippen molar-refractivity contribution in [2.45, 2.75) is 44.0 Å². The van der Waals surface area contributed by atoms with Crippen molar-refractivity contribution in [3.05, 3.63) is 0 Å². The Morgan fingerprint density at radius 2 is 2.00 bits per heavy atom. The van der Waals surface area contributed by atoms with Crippen molar-refractivity contribution >= 4 is 22.5 Å². The van der Waals surface area contributed by atoms with Crippen LogP contribution in [0.5, 0.6) is 0 Å². The molecule has 0 heterocycles. The fourth-order valence-corrected chi connectivity index (χ4v) is 2.35. The Morgan fingerprint density at radius 1 is 1.33 bits per heavy atom. The minimum atomic E-state index is 1.04. The van der Waals surface area contributed by atoms with Gasteiger partial charge in [0, 0.05) is 0 Å². The van der Waals surface area contributed by atoms with Gasteiger partial charge >= 0.3 is 72.4 Å². The molecule has 0 saturated heterocycles. The Bertz CT molecular complexity index is 48.5. The first-order chi connectivity index (χ1) is 4.35. The molecule has 0 aromatic carbocycles. The van der Waals surface area contributed by atoms with Gasteiger partial charge in [0.1, 0.15) is 0 Å². The number of unbranched alkanes of at least 4 members (excludes halogenated alkanes) is 1. The SMILES string of the molecule is CCCCC(CC)[CH2][Sn+3]. The van der Waals surface area contributed by atoms with Gasteiger partial charge in [0.15, 0.2) is 0 Å². The zero-order valence-corrected chi connectivity index (χ0v) is 9.47. The van der Waals surface area contributed by atoms with E-state index in [9.17, 15) is 0 Å². The second-order valence-corrected chi connectivity index (χ2v) is 3.79. The molecule has 0 fully saturated rings. The molecule has 0 aromatic heterocycles. The van der Waals surface area contributed by atoms with Crippen LogP contribution in [0, 0.1) is 5.92 Å². The first-order valence-electron chi connectivity index (χ1n) is 3.99. The summed E-state index contributed by atoms with van der Waals surface area (Å²) in [5.41, 5.74) is 0. The van der Waals surface area contributed by atoms with Crippen LogP contribution in [0.1, 0.15) is 39.5 Å². The third kappa shape index (κ3) is 5.25. The van der Waals surface area contributed by atoms with Crippen LogP contribution < -0.4 is 0 Å². The summed E-state index contributed by atoms with van der Waals surface area (Å²) in [6.07, 6.45) is 5.67. The van der Waals surface area contributed by atoms with E-state index in [1.807, 2.05) is 0 Å². The fraction of sp³-hybridized carbons (Fsp3) is 1.00. The molecule has 1 heteroatoms. The first kappa shape index (κ1) is 9.80. The summed E-state index contributed by atoms with van der Waals surface area (Å²) < 4.78 is 1.46. The topological polar surface area (TPSA) is 0 Å². The summed E-state index contributed by atoms with van der Waals surface area (Å²) in [7, 11) is 0. The van der Waals surface area contributed by atoms with E-state index in [-0.39, 0.29) is 0 Å². The van der Waals surface area contributed by atoms with Crippen LogP contribution in [0.25, 0.3) is 0 Å². The summed E-state index contributed by atoms with van der Waals surface area (Å²) >= 11 is 1.71. The molecule has 0 N–H and O–H groups in total. The number of hydrogen-bond donors (Lipinski definition) is 0.